The van der Waals surface area contributed by atoms with Crippen LogP contribution in [0.5, 0.6) is 0 Å². The van der Waals surface area contributed by atoms with Crippen LogP contribution in [0.2, 0.25) is 0 Å². The molecule has 150 valence electrons. The van der Waals surface area contributed by atoms with Crippen LogP contribution in [0.25, 0.3) is 10.9 Å². The summed E-state index contributed by atoms with van der Waals surface area (Å²) in [7, 11) is 0. The fraction of sp³-hybridized carbons (Fsp3) is 0.333. The fourth-order valence-electron chi connectivity index (χ4n) is 4.09. The van der Waals surface area contributed by atoms with Crippen LogP contribution in [-0.2, 0) is 6.61 Å². The molecule has 3 N–H and O–H groups in total. The van der Waals surface area contributed by atoms with E-state index in [1.165, 1.54) is 10.9 Å². The SMILES string of the molecule is Cc1cc(N[C@H]2CC[C@@H](NC(=O)c3cccc(CO)c3)CC2)nc2ccccc12. The summed E-state index contributed by atoms with van der Waals surface area (Å²) in [6.07, 6.45) is 3.87. The minimum atomic E-state index is -0.0662. The highest BCUT2D eigenvalue weighted by Gasteiger charge is 2.23. The lowest BCUT2D eigenvalue weighted by atomic mass is 9.91. The van der Waals surface area contributed by atoms with Crippen molar-refractivity contribution in [3.63, 3.8) is 0 Å². The number of aliphatic hydroxyl groups excluding tert-OH is 1. The Bertz CT molecular complexity index is 1010. The van der Waals surface area contributed by atoms with Crippen LogP contribution < -0.4 is 10.6 Å². The van der Waals surface area contributed by atoms with E-state index in [-0.39, 0.29) is 18.6 Å². The molecule has 5 nitrogen and oxygen atoms in total. The number of amides is 1. The first-order chi connectivity index (χ1) is 14.1. The van der Waals surface area contributed by atoms with Gasteiger partial charge in [-0.05, 0) is 68.0 Å². The molecule has 1 fully saturated rings. The molecule has 3 aromatic rings. The van der Waals surface area contributed by atoms with E-state index in [4.69, 9.17) is 4.98 Å². The minimum Gasteiger partial charge on any atom is -0.392 e. The number of carbonyl (C=O) groups is 1. The van der Waals surface area contributed by atoms with Crippen LogP contribution >= 0.6 is 0 Å². The fourth-order valence-corrected chi connectivity index (χ4v) is 4.09. The summed E-state index contributed by atoms with van der Waals surface area (Å²) >= 11 is 0. The van der Waals surface area contributed by atoms with Crippen LogP contribution in [0.1, 0.15) is 47.2 Å². The first kappa shape index (κ1) is 19.4. The van der Waals surface area contributed by atoms with Crippen molar-refractivity contribution in [1.29, 1.82) is 0 Å². The zero-order valence-corrected chi connectivity index (χ0v) is 16.7. The molecule has 1 aliphatic rings. The number of nitrogens with zero attached hydrogens (tertiary/aromatic N) is 1. The predicted octanol–water partition coefficient (Wildman–Crippen LogP) is 4.19. The topological polar surface area (TPSA) is 74.2 Å². The first-order valence-corrected chi connectivity index (χ1v) is 10.3. The maximum Gasteiger partial charge on any atom is 0.251 e. The largest absolute Gasteiger partial charge is 0.392 e. The minimum absolute atomic E-state index is 0.0554. The standard InChI is InChI=1S/C24H27N3O2/c1-16-13-23(27-22-8-3-2-7-21(16)22)25-19-9-11-20(12-10-19)26-24(29)18-6-4-5-17(14-18)15-28/h2-8,13-14,19-20,28H,9-12,15H2,1H3,(H,25,27)(H,26,29)/t19-,20+. The van der Waals surface area contributed by atoms with Crippen LogP contribution in [-0.4, -0.2) is 28.1 Å². The summed E-state index contributed by atoms with van der Waals surface area (Å²) < 4.78 is 0. The molecule has 1 heterocycles. The van der Waals surface area contributed by atoms with E-state index in [1.807, 2.05) is 24.3 Å². The summed E-state index contributed by atoms with van der Waals surface area (Å²) in [4.78, 5) is 17.2. The number of nitrogens with one attached hydrogen (secondary N) is 2. The molecule has 2 aromatic carbocycles. The molecule has 0 bridgehead atoms. The van der Waals surface area contributed by atoms with E-state index in [0.717, 1.165) is 42.6 Å². The number of fused-ring (bicyclic) bond motifs is 1. The van der Waals surface area contributed by atoms with Crippen molar-refractivity contribution in [3.05, 3.63) is 71.3 Å². The highest BCUT2D eigenvalue weighted by atomic mass is 16.3. The Morgan fingerprint density at radius 3 is 2.59 bits per heavy atom. The molecule has 1 aliphatic carbocycles. The van der Waals surface area contributed by atoms with Gasteiger partial charge in [0.2, 0.25) is 0 Å². The number of pyridine rings is 1. The number of benzene rings is 2. The number of hydrogen-bond acceptors (Lipinski definition) is 4. The van der Waals surface area contributed by atoms with Gasteiger partial charge in [0.25, 0.3) is 5.91 Å². The molecule has 0 saturated heterocycles. The molecule has 0 atom stereocenters. The number of aryl methyl sites for hydroxylation is 1. The third-order valence-corrected chi connectivity index (χ3v) is 5.71. The molecular formula is C24H27N3O2. The lowest BCUT2D eigenvalue weighted by Crippen LogP contribution is -2.40. The summed E-state index contributed by atoms with van der Waals surface area (Å²) in [5, 5.41) is 17.2. The Morgan fingerprint density at radius 2 is 1.79 bits per heavy atom. The van der Waals surface area contributed by atoms with Crippen molar-refractivity contribution in [2.75, 3.05) is 5.32 Å². The normalized spacial score (nSPS) is 19.1. The monoisotopic (exact) mass is 389 g/mol. The quantitative estimate of drug-likeness (QED) is 0.612. The summed E-state index contributed by atoms with van der Waals surface area (Å²) in [6.45, 7) is 2.06. The van der Waals surface area contributed by atoms with Gasteiger partial charge in [-0.3, -0.25) is 4.79 Å². The third-order valence-electron chi connectivity index (χ3n) is 5.71. The third kappa shape index (κ3) is 4.57. The molecule has 1 amide bonds. The Kier molecular flexibility index (Phi) is 5.76. The van der Waals surface area contributed by atoms with E-state index in [9.17, 15) is 9.90 Å². The van der Waals surface area contributed by atoms with Gasteiger partial charge in [0.1, 0.15) is 5.82 Å². The van der Waals surface area contributed by atoms with Crippen molar-refractivity contribution < 1.29 is 9.90 Å². The molecular weight excluding hydrogens is 362 g/mol. The second kappa shape index (κ2) is 8.62. The van der Waals surface area contributed by atoms with E-state index in [0.29, 0.717) is 11.6 Å². The Balaban J connectivity index is 1.33. The zero-order valence-electron chi connectivity index (χ0n) is 16.7. The van der Waals surface area contributed by atoms with Crippen molar-refractivity contribution in [1.82, 2.24) is 10.3 Å². The van der Waals surface area contributed by atoms with Crippen molar-refractivity contribution in [2.24, 2.45) is 0 Å². The van der Waals surface area contributed by atoms with Gasteiger partial charge in [0, 0.05) is 23.0 Å². The number of carbonyl (C=O) groups excluding carboxylic acids is 1. The Hall–Kier alpha value is -2.92. The smallest absolute Gasteiger partial charge is 0.251 e. The maximum atomic E-state index is 12.5. The lowest BCUT2D eigenvalue weighted by Gasteiger charge is -2.30. The molecule has 0 spiro atoms. The van der Waals surface area contributed by atoms with E-state index in [2.05, 4.69) is 29.7 Å². The number of rotatable bonds is 5. The van der Waals surface area contributed by atoms with Gasteiger partial charge in [0.05, 0.1) is 12.1 Å². The Labute approximate surface area is 171 Å². The van der Waals surface area contributed by atoms with Gasteiger partial charge in [-0.25, -0.2) is 4.98 Å². The average molecular weight is 389 g/mol. The zero-order chi connectivity index (χ0) is 20.2. The molecule has 4 rings (SSSR count). The number of aromatic nitrogens is 1. The number of hydrogen-bond donors (Lipinski definition) is 3. The molecule has 0 aliphatic heterocycles. The lowest BCUT2D eigenvalue weighted by molar-refractivity contribution is 0.0926. The van der Waals surface area contributed by atoms with Crippen LogP contribution in [0.3, 0.4) is 0 Å². The number of aliphatic hydroxyl groups is 1. The second-order valence-corrected chi connectivity index (χ2v) is 7.87. The van der Waals surface area contributed by atoms with E-state index >= 15 is 0 Å². The van der Waals surface area contributed by atoms with Gasteiger partial charge < -0.3 is 15.7 Å². The van der Waals surface area contributed by atoms with Gasteiger partial charge in [-0.2, -0.15) is 0 Å². The molecule has 1 aromatic heterocycles. The van der Waals surface area contributed by atoms with Gasteiger partial charge >= 0.3 is 0 Å². The van der Waals surface area contributed by atoms with E-state index < -0.39 is 0 Å². The Morgan fingerprint density at radius 1 is 1.03 bits per heavy atom. The molecule has 29 heavy (non-hydrogen) atoms. The molecule has 5 heteroatoms. The first-order valence-electron chi connectivity index (χ1n) is 10.3. The average Bonchev–Trinajstić information content (AvgIpc) is 2.75. The number of anilines is 1. The summed E-state index contributed by atoms with van der Waals surface area (Å²) in [6, 6.07) is 18.0. The summed E-state index contributed by atoms with van der Waals surface area (Å²) in [5.41, 5.74) is 3.60. The molecule has 0 unspecified atom stereocenters. The van der Waals surface area contributed by atoms with Crippen LogP contribution in [0, 0.1) is 6.92 Å². The highest BCUT2D eigenvalue weighted by Crippen LogP contribution is 2.25. The summed E-state index contributed by atoms with van der Waals surface area (Å²) in [5.74, 6) is 0.859. The van der Waals surface area contributed by atoms with E-state index in [1.54, 1.807) is 18.2 Å². The number of para-hydroxylation sites is 1. The van der Waals surface area contributed by atoms with Crippen molar-refractivity contribution >= 4 is 22.6 Å². The van der Waals surface area contributed by atoms with Gasteiger partial charge in [-0.15, -0.1) is 0 Å². The van der Waals surface area contributed by atoms with Crippen molar-refractivity contribution in [2.45, 2.75) is 51.3 Å². The molecule has 0 radical (unpaired) electrons. The molecule has 1 saturated carbocycles. The second-order valence-electron chi connectivity index (χ2n) is 7.87. The predicted molar refractivity (Wildman–Crippen MR) is 116 cm³/mol. The van der Waals surface area contributed by atoms with Gasteiger partial charge in [0.15, 0.2) is 0 Å². The maximum absolute atomic E-state index is 12.5. The van der Waals surface area contributed by atoms with Gasteiger partial charge in [-0.1, -0.05) is 30.3 Å². The van der Waals surface area contributed by atoms with Crippen LogP contribution in [0.15, 0.2) is 54.6 Å². The van der Waals surface area contributed by atoms with Crippen LogP contribution in [0.4, 0.5) is 5.82 Å². The van der Waals surface area contributed by atoms with Crippen molar-refractivity contribution in [3.8, 4) is 0 Å². The highest BCUT2D eigenvalue weighted by molar-refractivity contribution is 5.94.